The molecule has 2 N–H and O–H groups in total. The fraction of sp³-hybridized carbons (Fsp3) is 0.125. The Kier molecular flexibility index (Phi) is 6.05. The minimum atomic E-state index is -1.98. The van der Waals surface area contributed by atoms with Crippen molar-refractivity contribution in [1.29, 1.82) is 0 Å². The van der Waals surface area contributed by atoms with Crippen molar-refractivity contribution in [2.45, 2.75) is 6.92 Å². The number of benzene rings is 2. The molecule has 134 valence electrons. The molecule has 0 radical (unpaired) electrons. The molecule has 0 spiro atoms. The van der Waals surface area contributed by atoms with Gasteiger partial charge in [0, 0.05) is 12.1 Å². The Morgan fingerprint density at radius 3 is 2.27 bits per heavy atom. The predicted octanol–water partition coefficient (Wildman–Crippen LogP) is 0.670. The molecule has 0 unspecified atom stereocenters. The van der Waals surface area contributed by atoms with Crippen LogP contribution in [0.25, 0.3) is 0 Å². The van der Waals surface area contributed by atoms with Gasteiger partial charge in [0.2, 0.25) is 0 Å². The Morgan fingerprint density at radius 1 is 1.08 bits per heavy atom. The van der Waals surface area contributed by atoms with Gasteiger partial charge < -0.3 is 19.5 Å². The normalized spacial score (nSPS) is 10.1. The van der Waals surface area contributed by atoms with Gasteiger partial charge in [-0.05, 0) is 42.7 Å². The molecule has 0 aliphatic rings. The number of carbonyl (C=O) groups excluding carboxylic acids is 2. The second-order valence-corrected chi connectivity index (χ2v) is 5.08. The van der Waals surface area contributed by atoms with Gasteiger partial charge in [-0.3, -0.25) is 10.1 Å². The smallest absolute Gasteiger partial charge is 0.462 e. The molecule has 10 heteroatoms. The highest BCUT2D eigenvalue weighted by atomic mass is 16.6. The first-order valence-corrected chi connectivity index (χ1v) is 7.46. The molecule has 2 aromatic carbocycles. The number of nitro benzene ring substituents is 1. The number of esters is 2. The van der Waals surface area contributed by atoms with E-state index in [1.54, 1.807) is 6.92 Å². The van der Waals surface area contributed by atoms with Crippen LogP contribution in [-0.2, 0) is 4.74 Å². The van der Waals surface area contributed by atoms with Crippen molar-refractivity contribution in [2.75, 3.05) is 6.61 Å². The highest BCUT2D eigenvalue weighted by Gasteiger charge is 2.21. The van der Waals surface area contributed by atoms with E-state index < -0.39 is 29.7 Å². The summed E-state index contributed by atoms with van der Waals surface area (Å²) in [5, 5.41) is 29.3. The van der Waals surface area contributed by atoms with Crippen LogP contribution in [0.3, 0.4) is 0 Å². The van der Waals surface area contributed by atoms with E-state index in [0.717, 1.165) is 18.2 Å². The molecule has 0 aliphatic carbocycles. The lowest BCUT2D eigenvalue weighted by atomic mass is 9.79. The van der Waals surface area contributed by atoms with Gasteiger partial charge in [0.15, 0.2) is 0 Å². The summed E-state index contributed by atoms with van der Waals surface area (Å²) in [6, 6.07) is 8.50. The van der Waals surface area contributed by atoms with Crippen molar-refractivity contribution in [3.63, 3.8) is 0 Å². The first kappa shape index (κ1) is 19.1. The number of carbonyl (C=O) groups is 2. The van der Waals surface area contributed by atoms with Gasteiger partial charge in [0.25, 0.3) is 5.69 Å². The summed E-state index contributed by atoms with van der Waals surface area (Å²) >= 11 is 0. The zero-order chi connectivity index (χ0) is 19.3. The molecular weight excluding hydrogens is 345 g/mol. The third-order valence-corrected chi connectivity index (χ3v) is 3.26. The second kappa shape index (κ2) is 8.23. The maximum absolute atomic E-state index is 12.2. The Bertz CT molecular complexity index is 835. The van der Waals surface area contributed by atoms with Crippen molar-refractivity contribution >= 4 is 30.2 Å². The Hall–Kier alpha value is -3.24. The van der Waals surface area contributed by atoms with E-state index in [1.807, 2.05) is 0 Å². The number of rotatable bonds is 6. The lowest BCUT2D eigenvalue weighted by Gasteiger charge is -2.07. The average molecular weight is 359 g/mol. The van der Waals surface area contributed by atoms with Crippen molar-refractivity contribution in [2.24, 2.45) is 0 Å². The van der Waals surface area contributed by atoms with E-state index in [9.17, 15) is 29.8 Å². The Labute approximate surface area is 148 Å². The third kappa shape index (κ3) is 4.65. The Balaban J connectivity index is 2.21. The van der Waals surface area contributed by atoms with Crippen LogP contribution < -0.4 is 10.2 Å². The van der Waals surface area contributed by atoms with Gasteiger partial charge in [0.05, 0.1) is 22.7 Å². The standard InChI is InChI=1S/C16H14BNO8/c1-2-25-15(19)10-3-5-14(6-4-10)26-16(20)11-7-12(17(21)22)9-13(8-11)18(23)24/h3-9,21-22H,2H2,1H3. The highest BCUT2D eigenvalue weighted by molar-refractivity contribution is 6.58. The molecule has 0 amide bonds. The van der Waals surface area contributed by atoms with Crippen LogP contribution in [-0.4, -0.2) is 40.6 Å². The summed E-state index contributed by atoms with van der Waals surface area (Å²) in [5.41, 5.74) is -0.659. The van der Waals surface area contributed by atoms with Crippen LogP contribution in [0.15, 0.2) is 42.5 Å². The van der Waals surface area contributed by atoms with Crippen LogP contribution in [0.1, 0.15) is 27.6 Å². The van der Waals surface area contributed by atoms with E-state index in [1.165, 1.54) is 24.3 Å². The number of hydrogen-bond donors (Lipinski definition) is 2. The summed E-state index contributed by atoms with van der Waals surface area (Å²) in [4.78, 5) is 33.9. The minimum Gasteiger partial charge on any atom is -0.462 e. The summed E-state index contributed by atoms with van der Waals surface area (Å²) < 4.78 is 9.92. The molecule has 2 aromatic rings. The molecule has 0 aliphatic heterocycles. The summed E-state index contributed by atoms with van der Waals surface area (Å²) in [6.45, 7) is 1.89. The molecule has 9 nitrogen and oxygen atoms in total. The van der Waals surface area contributed by atoms with Crippen LogP contribution in [0.4, 0.5) is 5.69 Å². The lowest BCUT2D eigenvalue weighted by Crippen LogP contribution is -2.31. The monoisotopic (exact) mass is 359 g/mol. The van der Waals surface area contributed by atoms with Gasteiger partial charge in [-0.1, -0.05) is 0 Å². The number of ether oxygens (including phenoxy) is 2. The SMILES string of the molecule is CCOC(=O)c1ccc(OC(=O)c2cc(B(O)O)cc([N+](=O)[O-])c2)cc1. The van der Waals surface area contributed by atoms with Gasteiger partial charge in [0.1, 0.15) is 5.75 Å². The molecule has 0 fully saturated rings. The van der Waals surface area contributed by atoms with E-state index in [4.69, 9.17) is 9.47 Å². The molecule has 2 rings (SSSR count). The van der Waals surface area contributed by atoms with E-state index in [-0.39, 0.29) is 28.9 Å². The fourth-order valence-corrected chi connectivity index (χ4v) is 2.05. The van der Waals surface area contributed by atoms with E-state index >= 15 is 0 Å². The molecule has 0 saturated carbocycles. The minimum absolute atomic E-state index is 0.0978. The van der Waals surface area contributed by atoms with E-state index in [2.05, 4.69) is 0 Å². The predicted molar refractivity (Wildman–Crippen MR) is 90.3 cm³/mol. The summed E-state index contributed by atoms with van der Waals surface area (Å²) in [6.07, 6.45) is 0. The zero-order valence-corrected chi connectivity index (χ0v) is 13.6. The molecule has 0 atom stereocenters. The number of nitro groups is 1. The second-order valence-electron chi connectivity index (χ2n) is 5.08. The largest absolute Gasteiger partial charge is 0.488 e. The van der Waals surface area contributed by atoms with Crippen LogP contribution in [0, 0.1) is 10.1 Å². The topological polar surface area (TPSA) is 136 Å². The van der Waals surface area contributed by atoms with Crippen LogP contribution in [0.2, 0.25) is 0 Å². The van der Waals surface area contributed by atoms with Crippen molar-refractivity contribution in [3.05, 3.63) is 63.7 Å². The Morgan fingerprint density at radius 2 is 1.73 bits per heavy atom. The average Bonchev–Trinajstić information content (AvgIpc) is 2.62. The maximum atomic E-state index is 12.2. The van der Waals surface area contributed by atoms with Gasteiger partial charge in [-0.15, -0.1) is 0 Å². The number of hydrogen-bond acceptors (Lipinski definition) is 8. The molecule has 0 saturated heterocycles. The summed E-state index contributed by atoms with van der Waals surface area (Å²) in [5.74, 6) is -1.36. The highest BCUT2D eigenvalue weighted by Crippen LogP contribution is 2.17. The van der Waals surface area contributed by atoms with Crippen molar-refractivity contribution in [3.8, 4) is 5.75 Å². The molecule has 0 bridgehead atoms. The van der Waals surface area contributed by atoms with Crippen LogP contribution >= 0.6 is 0 Å². The molecule has 0 heterocycles. The fourth-order valence-electron chi connectivity index (χ4n) is 2.05. The first-order valence-electron chi connectivity index (χ1n) is 7.46. The van der Waals surface area contributed by atoms with Gasteiger partial charge in [-0.2, -0.15) is 0 Å². The quantitative estimate of drug-likeness (QED) is 0.253. The van der Waals surface area contributed by atoms with Crippen molar-refractivity contribution in [1.82, 2.24) is 0 Å². The molecule has 0 aromatic heterocycles. The molecular formula is C16H14BNO8. The lowest BCUT2D eigenvalue weighted by molar-refractivity contribution is -0.384. The number of nitrogens with zero attached hydrogens (tertiary/aromatic N) is 1. The van der Waals surface area contributed by atoms with E-state index in [0.29, 0.717) is 0 Å². The number of non-ortho nitro benzene ring substituents is 1. The third-order valence-electron chi connectivity index (χ3n) is 3.26. The van der Waals surface area contributed by atoms with Gasteiger partial charge in [-0.25, -0.2) is 9.59 Å². The van der Waals surface area contributed by atoms with Crippen molar-refractivity contribution < 1.29 is 34.0 Å². The summed E-state index contributed by atoms with van der Waals surface area (Å²) in [7, 11) is -1.98. The van der Waals surface area contributed by atoms with Crippen LogP contribution in [0.5, 0.6) is 5.75 Å². The zero-order valence-electron chi connectivity index (χ0n) is 13.6. The molecule has 26 heavy (non-hydrogen) atoms. The van der Waals surface area contributed by atoms with Gasteiger partial charge >= 0.3 is 19.1 Å². The first-order chi connectivity index (χ1) is 12.3. The maximum Gasteiger partial charge on any atom is 0.488 e.